The molecule has 1 amide bonds. The number of nitrogens with zero attached hydrogens (tertiary/aromatic N) is 1. The third-order valence-electron chi connectivity index (χ3n) is 3.17. The van der Waals surface area contributed by atoms with Crippen molar-refractivity contribution in [3.63, 3.8) is 0 Å². The van der Waals surface area contributed by atoms with Gasteiger partial charge in [-0.15, -0.1) is 12.4 Å². The molecular weight excluding hydrogens is 295 g/mol. The van der Waals surface area contributed by atoms with Gasteiger partial charge in [0.15, 0.2) is 0 Å². The molecule has 2 rings (SSSR count). The zero-order valence-corrected chi connectivity index (χ0v) is 12.1. The van der Waals surface area contributed by atoms with Gasteiger partial charge in [0.25, 0.3) is 0 Å². The first kappa shape index (κ1) is 15.4. The number of hydrogen-bond acceptors (Lipinski definition) is 2. The van der Waals surface area contributed by atoms with E-state index in [-0.39, 0.29) is 24.2 Å². The molecular formula is C12H15Cl3N2O. The molecule has 1 heterocycles. The van der Waals surface area contributed by atoms with Crippen LogP contribution in [0.3, 0.4) is 0 Å². The Labute approximate surface area is 123 Å². The summed E-state index contributed by atoms with van der Waals surface area (Å²) in [6, 6.07) is 5.59. The standard InChI is InChI=1S/C12H14Cl2N2O.ClH/c13-10-2-1-9(7-11(10)14)16-5-3-8(4-6-16)12(15)17;/h1-2,7-8H,3-6H2,(H2,15,17);1H. The smallest absolute Gasteiger partial charge is 0.220 e. The Bertz CT molecular complexity index is 431. The molecule has 18 heavy (non-hydrogen) atoms. The van der Waals surface area contributed by atoms with Crippen molar-refractivity contribution < 1.29 is 4.79 Å². The highest BCUT2D eigenvalue weighted by Gasteiger charge is 2.23. The van der Waals surface area contributed by atoms with Crippen molar-refractivity contribution >= 4 is 47.2 Å². The number of hydrogen-bond donors (Lipinski definition) is 1. The average Bonchev–Trinajstić information content (AvgIpc) is 2.33. The Balaban J connectivity index is 0.00000162. The van der Waals surface area contributed by atoms with Gasteiger partial charge < -0.3 is 10.6 Å². The predicted molar refractivity (Wildman–Crippen MR) is 77.8 cm³/mol. The first-order valence-corrected chi connectivity index (χ1v) is 6.33. The van der Waals surface area contributed by atoms with E-state index < -0.39 is 0 Å². The highest BCUT2D eigenvalue weighted by atomic mass is 35.5. The number of anilines is 1. The maximum atomic E-state index is 11.1. The summed E-state index contributed by atoms with van der Waals surface area (Å²) in [6.45, 7) is 1.65. The Morgan fingerprint density at radius 3 is 2.33 bits per heavy atom. The van der Waals surface area contributed by atoms with Crippen LogP contribution in [-0.2, 0) is 4.79 Å². The van der Waals surface area contributed by atoms with E-state index in [1.165, 1.54) is 0 Å². The van der Waals surface area contributed by atoms with Gasteiger partial charge in [-0.1, -0.05) is 23.2 Å². The average molecular weight is 310 g/mol. The molecule has 0 aromatic heterocycles. The van der Waals surface area contributed by atoms with Crippen molar-refractivity contribution in [2.75, 3.05) is 18.0 Å². The molecule has 1 fully saturated rings. The van der Waals surface area contributed by atoms with E-state index in [1.807, 2.05) is 12.1 Å². The predicted octanol–water partition coefficient (Wildman–Crippen LogP) is 3.12. The first-order valence-electron chi connectivity index (χ1n) is 5.57. The summed E-state index contributed by atoms with van der Waals surface area (Å²) in [7, 11) is 0. The molecule has 1 aromatic carbocycles. The quantitative estimate of drug-likeness (QED) is 0.912. The maximum Gasteiger partial charge on any atom is 0.220 e. The van der Waals surface area contributed by atoms with Crippen LogP contribution in [-0.4, -0.2) is 19.0 Å². The summed E-state index contributed by atoms with van der Waals surface area (Å²) < 4.78 is 0. The van der Waals surface area contributed by atoms with Gasteiger partial charge in [-0.2, -0.15) is 0 Å². The zero-order chi connectivity index (χ0) is 12.4. The van der Waals surface area contributed by atoms with Gasteiger partial charge in [-0.3, -0.25) is 4.79 Å². The lowest BCUT2D eigenvalue weighted by Crippen LogP contribution is -2.38. The minimum atomic E-state index is -0.196. The van der Waals surface area contributed by atoms with Gasteiger partial charge in [-0.25, -0.2) is 0 Å². The molecule has 1 aliphatic heterocycles. The van der Waals surface area contributed by atoms with Crippen LogP contribution in [0.25, 0.3) is 0 Å². The Hall–Kier alpha value is -0.640. The lowest BCUT2D eigenvalue weighted by atomic mass is 9.96. The minimum absolute atomic E-state index is 0. The third-order valence-corrected chi connectivity index (χ3v) is 3.90. The van der Waals surface area contributed by atoms with Crippen LogP contribution in [0.15, 0.2) is 18.2 Å². The fraction of sp³-hybridized carbons (Fsp3) is 0.417. The van der Waals surface area contributed by atoms with Crippen molar-refractivity contribution in [1.82, 2.24) is 0 Å². The number of piperidine rings is 1. The highest BCUT2D eigenvalue weighted by molar-refractivity contribution is 6.42. The van der Waals surface area contributed by atoms with E-state index in [4.69, 9.17) is 28.9 Å². The molecule has 0 spiro atoms. The molecule has 6 heteroatoms. The summed E-state index contributed by atoms with van der Waals surface area (Å²) in [4.78, 5) is 13.3. The van der Waals surface area contributed by atoms with Crippen molar-refractivity contribution in [3.8, 4) is 0 Å². The molecule has 3 nitrogen and oxygen atoms in total. The molecule has 0 bridgehead atoms. The van der Waals surface area contributed by atoms with Gasteiger partial charge in [0.2, 0.25) is 5.91 Å². The van der Waals surface area contributed by atoms with Gasteiger partial charge in [0.1, 0.15) is 0 Å². The fourth-order valence-corrected chi connectivity index (χ4v) is 2.40. The van der Waals surface area contributed by atoms with E-state index in [9.17, 15) is 4.79 Å². The molecule has 2 N–H and O–H groups in total. The van der Waals surface area contributed by atoms with Gasteiger partial charge in [0.05, 0.1) is 10.0 Å². The summed E-state index contributed by atoms with van der Waals surface area (Å²) in [6.07, 6.45) is 1.60. The van der Waals surface area contributed by atoms with E-state index in [0.29, 0.717) is 10.0 Å². The van der Waals surface area contributed by atoms with Crippen molar-refractivity contribution in [2.24, 2.45) is 11.7 Å². The van der Waals surface area contributed by atoms with Crippen molar-refractivity contribution in [2.45, 2.75) is 12.8 Å². The number of halogens is 3. The van der Waals surface area contributed by atoms with Crippen LogP contribution >= 0.6 is 35.6 Å². The van der Waals surface area contributed by atoms with E-state index in [1.54, 1.807) is 6.07 Å². The molecule has 1 aromatic rings. The highest BCUT2D eigenvalue weighted by Crippen LogP contribution is 2.29. The lowest BCUT2D eigenvalue weighted by Gasteiger charge is -2.32. The minimum Gasteiger partial charge on any atom is -0.371 e. The largest absolute Gasteiger partial charge is 0.371 e. The fourth-order valence-electron chi connectivity index (χ4n) is 2.10. The molecule has 1 saturated heterocycles. The number of amides is 1. The van der Waals surface area contributed by atoms with Gasteiger partial charge in [0, 0.05) is 24.7 Å². The number of nitrogens with two attached hydrogens (primary N) is 1. The monoisotopic (exact) mass is 308 g/mol. The van der Waals surface area contributed by atoms with Gasteiger partial charge >= 0.3 is 0 Å². The third kappa shape index (κ3) is 3.44. The Kier molecular flexibility index (Phi) is 5.57. The second kappa shape index (κ2) is 6.50. The number of rotatable bonds is 2. The number of carbonyl (C=O) groups excluding carboxylic acids is 1. The second-order valence-electron chi connectivity index (χ2n) is 4.26. The molecule has 0 atom stereocenters. The molecule has 0 unspecified atom stereocenters. The summed E-state index contributed by atoms with van der Waals surface area (Å²) in [5.41, 5.74) is 6.34. The summed E-state index contributed by atoms with van der Waals surface area (Å²) in [5, 5.41) is 1.11. The normalized spacial score (nSPS) is 16.2. The van der Waals surface area contributed by atoms with Crippen LogP contribution < -0.4 is 10.6 Å². The first-order chi connectivity index (χ1) is 8.08. The Morgan fingerprint density at radius 1 is 1.22 bits per heavy atom. The van der Waals surface area contributed by atoms with E-state index in [0.717, 1.165) is 31.6 Å². The van der Waals surface area contributed by atoms with E-state index in [2.05, 4.69) is 4.90 Å². The molecule has 0 aliphatic carbocycles. The summed E-state index contributed by atoms with van der Waals surface area (Å²) in [5.74, 6) is -0.187. The lowest BCUT2D eigenvalue weighted by molar-refractivity contribution is -0.122. The van der Waals surface area contributed by atoms with Crippen LogP contribution in [0, 0.1) is 5.92 Å². The van der Waals surface area contributed by atoms with Crippen LogP contribution in [0.5, 0.6) is 0 Å². The molecule has 0 radical (unpaired) electrons. The van der Waals surface area contributed by atoms with Crippen LogP contribution in [0.4, 0.5) is 5.69 Å². The molecule has 1 aliphatic rings. The number of carbonyl (C=O) groups is 1. The van der Waals surface area contributed by atoms with Crippen molar-refractivity contribution in [3.05, 3.63) is 28.2 Å². The Morgan fingerprint density at radius 2 is 1.83 bits per heavy atom. The van der Waals surface area contributed by atoms with E-state index >= 15 is 0 Å². The van der Waals surface area contributed by atoms with Gasteiger partial charge in [-0.05, 0) is 31.0 Å². The topological polar surface area (TPSA) is 46.3 Å². The maximum absolute atomic E-state index is 11.1. The zero-order valence-electron chi connectivity index (χ0n) is 9.73. The second-order valence-corrected chi connectivity index (χ2v) is 5.08. The number of primary amides is 1. The van der Waals surface area contributed by atoms with Crippen LogP contribution in [0.2, 0.25) is 10.0 Å². The van der Waals surface area contributed by atoms with Crippen LogP contribution in [0.1, 0.15) is 12.8 Å². The molecule has 100 valence electrons. The van der Waals surface area contributed by atoms with Crippen molar-refractivity contribution in [1.29, 1.82) is 0 Å². The number of benzene rings is 1. The SMILES string of the molecule is Cl.NC(=O)C1CCN(c2ccc(Cl)c(Cl)c2)CC1. The summed E-state index contributed by atoms with van der Waals surface area (Å²) >= 11 is 11.9. The molecule has 0 saturated carbocycles.